The second-order valence-corrected chi connectivity index (χ2v) is 8.43. The van der Waals surface area contributed by atoms with Crippen LogP contribution in [0.4, 0.5) is 0 Å². The molecule has 0 bridgehead atoms. The third-order valence-corrected chi connectivity index (χ3v) is 6.69. The van der Waals surface area contributed by atoms with Gasteiger partial charge in [0.25, 0.3) is 0 Å². The molecule has 0 unspecified atom stereocenters. The van der Waals surface area contributed by atoms with Gasteiger partial charge in [-0.05, 0) is 52.7 Å². The van der Waals surface area contributed by atoms with E-state index >= 15 is 0 Å². The monoisotopic (exact) mass is 426 g/mol. The van der Waals surface area contributed by atoms with E-state index in [2.05, 4.69) is 30.9 Å². The van der Waals surface area contributed by atoms with E-state index in [1.54, 1.807) is 29.5 Å². The Kier molecular flexibility index (Phi) is 5.13. The van der Waals surface area contributed by atoms with Gasteiger partial charge in [-0.15, -0.1) is 16.4 Å². The topological polar surface area (TPSA) is 87.8 Å². The number of benzene rings is 1. The van der Waals surface area contributed by atoms with Gasteiger partial charge in [0.05, 0.1) is 25.1 Å². The molecule has 148 valence electrons. The van der Waals surface area contributed by atoms with Crippen molar-refractivity contribution >= 4 is 33.3 Å². The molecule has 4 aromatic rings. The van der Waals surface area contributed by atoms with Crippen LogP contribution in [-0.2, 0) is 11.3 Å². The molecule has 1 saturated heterocycles. The van der Waals surface area contributed by atoms with Gasteiger partial charge in [0, 0.05) is 17.6 Å². The molecule has 5 rings (SSSR count). The first-order valence-electron chi connectivity index (χ1n) is 9.24. The molecule has 3 aromatic heterocycles. The maximum atomic E-state index is 5.73. The summed E-state index contributed by atoms with van der Waals surface area (Å²) in [5, 5.41) is 16.9. The summed E-state index contributed by atoms with van der Waals surface area (Å²) in [4.78, 5) is 9.92. The zero-order chi connectivity index (χ0) is 19.6. The lowest BCUT2D eigenvalue weighted by Gasteiger charge is -2.10. The van der Waals surface area contributed by atoms with Crippen LogP contribution >= 0.6 is 23.1 Å². The summed E-state index contributed by atoms with van der Waals surface area (Å²) in [6.45, 7) is 1.46. The van der Waals surface area contributed by atoms with Crippen molar-refractivity contribution in [3.05, 3.63) is 36.0 Å². The van der Waals surface area contributed by atoms with E-state index in [1.807, 2.05) is 24.3 Å². The Balaban J connectivity index is 1.49. The second kappa shape index (κ2) is 8.05. The van der Waals surface area contributed by atoms with Gasteiger partial charge in [0.15, 0.2) is 0 Å². The van der Waals surface area contributed by atoms with Gasteiger partial charge in [-0.2, -0.15) is 0 Å². The Morgan fingerprint density at radius 3 is 2.97 bits per heavy atom. The van der Waals surface area contributed by atoms with E-state index in [0.29, 0.717) is 11.7 Å². The third-order valence-electron chi connectivity index (χ3n) is 4.82. The third kappa shape index (κ3) is 3.70. The maximum absolute atomic E-state index is 5.73. The smallest absolute Gasteiger partial charge is 0.215 e. The van der Waals surface area contributed by atoms with Gasteiger partial charge < -0.3 is 9.47 Å². The van der Waals surface area contributed by atoms with Crippen molar-refractivity contribution < 1.29 is 9.47 Å². The summed E-state index contributed by atoms with van der Waals surface area (Å²) < 4.78 is 12.8. The molecule has 1 fully saturated rings. The molecule has 29 heavy (non-hydrogen) atoms. The zero-order valence-electron chi connectivity index (χ0n) is 15.7. The van der Waals surface area contributed by atoms with Crippen molar-refractivity contribution in [2.75, 3.05) is 13.7 Å². The molecule has 8 nitrogen and oxygen atoms in total. The molecule has 0 aliphatic carbocycles. The fourth-order valence-corrected chi connectivity index (χ4v) is 5.22. The number of hydrogen-bond acceptors (Lipinski definition) is 9. The molecule has 1 aliphatic rings. The molecular weight excluding hydrogens is 408 g/mol. The largest absolute Gasteiger partial charge is 0.497 e. The molecule has 4 heterocycles. The number of thiophene rings is 1. The molecule has 0 N–H and O–H groups in total. The first-order valence-corrected chi connectivity index (χ1v) is 10.9. The Morgan fingerprint density at radius 1 is 1.28 bits per heavy atom. The van der Waals surface area contributed by atoms with Crippen LogP contribution in [0.5, 0.6) is 5.75 Å². The van der Waals surface area contributed by atoms with Gasteiger partial charge in [-0.3, -0.25) is 0 Å². The van der Waals surface area contributed by atoms with Crippen LogP contribution in [0, 0.1) is 0 Å². The average molecular weight is 427 g/mol. The Morgan fingerprint density at radius 2 is 2.17 bits per heavy atom. The molecule has 1 atom stereocenters. The normalized spacial score (nSPS) is 16.5. The van der Waals surface area contributed by atoms with Crippen LogP contribution in [0.2, 0.25) is 0 Å². The number of aromatic nitrogens is 6. The van der Waals surface area contributed by atoms with Crippen molar-refractivity contribution in [1.29, 1.82) is 0 Å². The number of fused-ring (bicyclic) bond motifs is 1. The molecule has 10 heteroatoms. The molecule has 0 saturated carbocycles. The number of rotatable bonds is 6. The summed E-state index contributed by atoms with van der Waals surface area (Å²) in [6, 6.07) is 8.00. The molecule has 1 aliphatic heterocycles. The first-order chi connectivity index (χ1) is 14.3. The lowest BCUT2D eigenvalue weighted by molar-refractivity contribution is 0.0912. The van der Waals surface area contributed by atoms with Gasteiger partial charge in [0.2, 0.25) is 5.16 Å². The standard InChI is InChI=1S/C19H18N6O2S2/c1-26-13-6-4-12(5-7-13)15-10-28-17-16(15)18(21-11-20-17)29-19-22-23-24-25(19)9-14-3-2-8-27-14/h4-7,10-11,14H,2-3,8-9H2,1H3/t14-/m1/s1. The number of tetrazole rings is 1. The molecule has 0 radical (unpaired) electrons. The quantitative estimate of drug-likeness (QED) is 0.432. The van der Waals surface area contributed by atoms with Gasteiger partial charge >= 0.3 is 0 Å². The van der Waals surface area contributed by atoms with Crippen LogP contribution in [0.15, 0.2) is 46.2 Å². The summed E-state index contributed by atoms with van der Waals surface area (Å²) >= 11 is 3.06. The van der Waals surface area contributed by atoms with E-state index in [0.717, 1.165) is 51.6 Å². The number of ether oxygens (including phenoxy) is 2. The predicted molar refractivity (Wildman–Crippen MR) is 110 cm³/mol. The zero-order valence-corrected chi connectivity index (χ0v) is 17.3. The summed E-state index contributed by atoms with van der Waals surface area (Å²) in [6.07, 6.45) is 3.88. The summed E-state index contributed by atoms with van der Waals surface area (Å²) in [5.74, 6) is 0.826. The Labute approximate surface area is 175 Å². The van der Waals surface area contributed by atoms with Crippen molar-refractivity contribution in [1.82, 2.24) is 30.2 Å². The maximum Gasteiger partial charge on any atom is 0.215 e. The second-order valence-electron chi connectivity index (χ2n) is 6.62. The minimum atomic E-state index is 0.166. The van der Waals surface area contributed by atoms with Gasteiger partial charge in [-0.25, -0.2) is 14.6 Å². The van der Waals surface area contributed by atoms with Crippen molar-refractivity contribution in [3.63, 3.8) is 0 Å². The highest BCUT2D eigenvalue weighted by atomic mass is 32.2. The van der Waals surface area contributed by atoms with Crippen LogP contribution in [0.1, 0.15) is 12.8 Å². The minimum absolute atomic E-state index is 0.166. The fraction of sp³-hybridized carbons (Fsp3) is 0.316. The molecular formula is C19H18N6O2S2. The number of nitrogens with zero attached hydrogens (tertiary/aromatic N) is 6. The summed E-state index contributed by atoms with van der Waals surface area (Å²) in [5.41, 5.74) is 2.18. The SMILES string of the molecule is COc1ccc(-c2csc3ncnc(Sc4nnnn4C[C@H]4CCCO4)c23)cc1. The number of methoxy groups -OCH3 is 1. The number of hydrogen-bond donors (Lipinski definition) is 0. The van der Waals surface area contributed by atoms with E-state index in [9.17, 15) is 0 Å². The minimum Gasteiger partial charge on any atom is -0.497 e. The van der Waals surface area contributed by atoms with Gasteiger partial charge in [0.1, 0.15) is 21.9 Å². The van der Waals surface area contributed by atoms with Crippen LogP contribution in [-0.4, -0.2) is 50.0 Å². The van der Waals surface area contributed by atoms with E-state index in [1.165, 1.54) is 11.8 Å². The van der Waals surface area contributed by atoms with E-state index < -0.39 is 0 Å². The average Bonchev–Trinajstić information content (AvgIpc) is 3.51. The van der Waals surface area contributed by atoms with Crippen molar-refractivity contribution in [2.24, 2.45) is 0 Å². The highest BCUT2D eigenvalue weighted by Crippen LogP contribution is 2.39. The predicted octanol–water partition coefficient (Wildman–Crippen LogP) is 3.68. The Bertz CT molecular complexity index is 1120. The highest BCUT2D eigenvalue weighted by Gasteiger charge is 2.21. The summed E-state index contributed by atoms with van der Waals surface area (Å²) in [7, 11) is 1.67. The van der Waals surface area contributed by atoms with E-state index in [4.69, 9.17) is 9.47 Å². The molecule has 0 amide bonds. The van der Waals surface area contributed by atoms with Crippen LogP contribution in [0.3, 0.4) is 0 Å². The van der Waals surface area contributed by atoms with Crippen molar-refractivity contribution in [3.8, 4) is 16.9 Å². The fourth-order valence-electron chi connectivity index (χ4n) is 3.36. The van der Waals surface area contributed by atoms with Crippen LogP contribution in [0.25, 0.3) is 21.3 Å². The van der Waals surface area contributed by atoms with Crippen molar-refractivity contribution in [2.45, 2.75) is 35.7 Å². The highest BCUT2D eigenvalue weighted by molar-refractivity contribution is 7.99. The first kappa shape index (κ1) is 18.5. The van der Waals surface area contributed by atoms with Gasteiger partial charge in [-0.1, -0.05) is 12.1 Å². The lowest BCUT2D eigenvalue weighted by atomic mass is 10.1. The molecule has 1 aromatic carbocycles. The van der Waals surface area contributed by atoms with Crippen LogP contribution < -0.4 is 4.74 Å². The van der Waals surface area contributed by atoms with E-state index in [-0.39, 0.29) is 6.10 Å². The Hall–Kier alpha value is -2.56. The lowest BCUT2D eigenvalue weighted by Crippen LogP contribution is -2.16. The molecule has 0 spiro atoms.